The molecule has 2 aromatic carbocycles. The molecule has 0 aliphatic heterocycles. The first kappa shape index (κ1) is 27.1. The van der Waals surface area contributed by atoms with Gasteiger partial charge in [0, 0.05) is 11.4 Å². The number of carbonyl (C=O) groups is 3. The summed E-state index contributed by atoms with van der Waals surface area (Å²) in [7, 11) is 0. The van der Waals surface area contributed by atoms with Crippen molar-refractivity contribution in [1.29, 1.82) is 0 Å². The van der Waals surface area contributed by atoms with Crippen LogP contribution in [0.15, 0.2) is 55.1 Å². The van der Waals surface area contributed by atoms with Gasteiger partial charge in [-0.3, -0.25) is 19.3 Å². The summed E-state index contributed by atoms with van der Waals surface area (Å²) in [6.45, 7) is 14.7. The van der Waals surface area contributed by atoms with Crippen molar-refractivity contribution in [3.63, 3.8) is 0 Å². The van der Waals surface area contributed by atoms with Crippen molar-refractivity contribution < 1.29 is 24.0 Å². The molecule has 7 nitrogen and oxygen atoms in total. The predicted octanol–water partition coefficient (Wildman–Crippen LogP) is 5.50. The number of hydrogen-bond acceptors (Lipinski definition) is 5. The molecule has 1 aliphatic rings. The lowest BCUT2D eigenvalue weighted by molar-refractivity contribution is -0.145. The zero-order chi connectivity index (χ0) is 26.5. The van der Waals surface area contributed by atoms with E-state index in [1.165, 1.54) is 16.5 Å². The van der Waals surface area contributed by atoms with E-state index in [-0.39, 0.29) is 17.4 Å². The van der Waals surface area contributed by atoms with E-state index in [1.807, 2.05) is 19.1 Å². The van der Waals surface area contributed by atoms with Crippen molar-refractivity contribution in [2.24, 2.45) is 0 Å². The van der Waals surface area contributed by atoms with Crippen molar-refractivity contribution in [1.82, 2.24) is 5.48 Å². The highest BCUT2D eigenvalue weighted by atomic mass is 16.7. The summed E-state index contributed by atoms with van der Waals surface area (Å²) in [6.07, 6.45) is 4.26. The zero-order valence-corrected chi connectivity index (χ0v) is 21.8. The molecule has 192 valence electrons. The van der Waals surface area contributed by atoms with Crippen molar-refractivity contribution in [2.75, 3.05) is 18.1 Å². The van der Waals surface area contributed by atoms with Gasteiger partial charge < -0.3 is 4.74 Å². The van der Waals surface area contributed by atoms with Gasteiger partial charge in [-0.25, -0.2) is 10.3 Å². The normalized spacial score (nSPS) is 15.4. The van der Waals surface area contributed by atoms with E-state index in [0.717, 1.165) is 18.4 Å². The molecule has 2 amide bonds. The summed E-state index contributed by atoms with van der Waals surface area (Å²) in [5.74, 6) is -2.17. The van der Waals surface area contributed by atoms with Gasteiger partial charge in [0.2, 0.25) is 0 Å². The minimum absolute atomic E-state index is 0.0109. The molecule has 3 rings (SSSR count). The van der Waals surface area contributed by atoms with E-state index < -0.39 is 17.8 Å². The number of rotatable bonds is 8. The van der Waals surface area contributed by atoms with Crippen LogP contribution in [-0.2, 0) is 30.0 Å². The summed E-state index contributed by atoms with van der Waals surface area (Å²) >= 11 is 0. The maximum absolute atomic E-state index is 13.4. The van der Waals surface area contributed by atoms with Crippen LogP contribution in [0.25, 0.3) is 0 Å². The van der Waals surface area contributed by atoms with Crippen molar-refractivity contribution in [2.45, 2.75) is 64.7 Å². The molecule has 0 spiro atoms. The number of anilines is 2. The van der Waals surface area contributed by atoms with Crippen molar-refractivity contribution in [3.05, 3.63) is 71.8 Å². The van der Waals surface area contributed by atoms with E-state index in [2.05, 4.69) is 45.8 Å². The molecule has 0 atom stereocenters. The molecule has 1 aliphatic carbocycles. The molecule has 0 bridgehead atoms. The Morgan fingerprint density at radius 1 is 0.972 bits per heavy atom. The van der Waals surface area contributed by atoms with E-state index in [9.17, 15) is 14.4 Å². The van der Waals surface area contributed by atoms with Crippen LogP contribution in [0.5, 0.6) is 0 Å². The summed E-state index contributed by atoms with van der Waals surface area (Å²) in [4.78, 5) is 44.8. The molecule has 0 saturated carbocycles. The minimum atomic E-state index is -0.879. The number of amides is 2. The molecule has 0 saturated heterocycles. The molecule has 0 aromatic heterocycles. The Kier molecular flexibility index (Phi) is 8.35. The smallest absolute Gasteiger partial charge is 0.338 e. The second-order valence-electron chi connectivity index (χ2n) is 10.4. The van der Waals surface area contributed by atoms with E-state index in [0.29, 0.717) is 30.0 Å². The topological polar surface area (TPSA) is 84.9 Å². The van der Waals surface area contributed by atoms with Gasteiger partial charge in [-0.2, -0.15) is 0 Å². The maximum atomic E-state index is 13.4. The predicted molar refractivity (Wildman–Crippen MR) is 140 cm³/mol. The highest BCUT2D eigenvalue weighted by Gasteiger charge is 2.38. The van der Waals surface area contributed by atoms with Gasteiger partial charge in [0.25, 0.3) is 0 Å². The molecule has 36 heavy (non-hydrogen) atoms. The largest absolute Gasteiger partial charge is 0.458 e. The van der Waals surface area contributed by atoms with Crippen LogP contribution < -0.4 is 10.4 Å². The molecule has 1 N–H and O–H groups in total. The van der Waals surface area contributed by atoms with Crippen LogP contribution in [-0.4, -0.2) is 31.0 Å². The standard InChI is InChI=1S/C29H36N2O5/c1-7-17-35-27(34)20-9-11-21(12-10-20)31(26(33)25(32)30-36-18-8-2)22-13-14-23-24(19-22)29(5,6)16-15-28(23,3)4/h7,9-14,19H,1,8,15-18H2,2-6H3,(H,30,32). The summed E-state index contributed by atoms with van der Waals surface area (Å²) in [5.41, 5.74) is 5.90. The number of hydrogen-bond donors (Lipinski definition) is 1. The van der Waals surface area contributed by atoms with Crippen LogP contribution in [0.4, 0.5) is 11.4 Å². The number of hydroxylamine groups is 1. The molecule has 0 heterocycles. The highest BCUT2D eigenvalue weighted by Crippen LogP contribution is 2.47. The number of nitrogens with one attached hydrogen (secondary N) is 1. The highest BCUT2D eigenvalue weighted by molar-refractivity contribution is 6.41. The monoisotopic (exact) mass is 492 g/mol. The molecule has 0 fully saturated rings. The first-order valence-electron chi connectivity index (χ1n) is 12.3. The molecule has 0 radical (unpaired) electrons. The minimum Gasteiger partial charge on any atom is -0.458 e. The average Bonchev–Trinajstić information content (AvgIpc) is 2.86. The van der Waals surface area contributed by atoms with Gasteiger partial charge >= 0.3 is 17.8 Å². The fourth-order valence-corrected chi connectivity index (χ4v) is 4.43. The SMILES string of the molecule is C=CCOC(=O)c1ccc(N(C(=O)C(=O)NOCCC)c2ccc3c(c2)C(C)(C)CCC3(C)C)cc1. The maximum Gasteiger partial charge on any atom is 0.338 e. The van der Waals surface area contributed by atoms with Gasteiger partial charge in [0.1, 0.15) is 6.61 Å². The van der Waals surface area contributed by atoms with Crippen LogP contribution in [0.2, 0.25) is 0 Å². The molecular formula is C29H36N2O5. The van der Waals surface area contributed by atoms with E-state index in [1.54, 1.807) is 24.3 Å². The third-order valence-electron chi connectivity index (χ3n) is 6.66. The second kappa shape index (κ2) is 11.1. The number of nitrogens with zero attached hydrogens (tertiary/aromatic N) is 1. The molecule has 7 heteroatoms. The second-order valence-corrected chi connectivity index (χ2v) is 10.4. The summed E-state index contributed by atoms with van der Waals surface area (Å²) in [6, 6.07) is 12.3. The van der Waals surface area contributed by atoms with Gasteiger partial charge in [0.05, 0.1) is 12.2 Å². The van der Waals surface area contributed by atoms with Gasteiger partial charge in [-0.1, -0.05) is 53.3 Å². The van der Waals surface area contributed by atoms with Gasteiger partial charge in [0.15, 0.2) is 0 Å². The molecular weight excluding hydrogens is 456 g/mol. The van der Waals surface area contributed by atoms with E-state index in [4.69, 9.17) is 9.57 Å². The lowest BCUT2D eigenvalue weighted by Gasteiger charge is -2.42. The third-order valence-corrected chi connectivity index (χ3v) is 6.66. The van der Waals surface area contributed by atoms with E-state index >= 15 is 0 Å². The first-order valence-corrected chi connectivity index (χ1v) is 12.3. The van der Waals surface area contributed by atoms with Crippen molar-refractivity contribution in [3.8, 4) is 0 Å². The number of ether oxygens (including phenoxy) is 1. The summed E-state index contributed by atoms with van der Waals surface area (Å²) in [5, 5.41) is 0. The Morgan fingerprint density at radius 3 is 2.19 bits per heavy atom. The van der Waals surface area contributed by atoms with Crippen LogP contribution in [0.3, 0.4) is 0 Å². The Labute approximate surface area is 213 Å². The number of esters is 1. The van der Waals surface area contributed by atoms with Crippen LogP contribution in [0.1, 0.15) is 75.4 Å². The molecule has 2 aromatic rings. The van der Waals surface area contributed by atoms with Crippen LogP contribution >= 0.6 is 0 Å². The average molecular weight is 493 g/mol. The van der Waals surface area contributed by atoms with Gasteiger partial charge in [-0.15, -0.1) is 0 Å². The zero-order valence-electron chi connectivity index (χ0n) is 21.8. The lowest BCUT2D eigenvalue weighted by atomic mass is 9.63. The number of benzene rings is 2. The fourth-order valence-electron chi connectivity index (χ4n) is 4.43. The molecule has 0 unspecified atom stereocenters. The summed E-state index contributed by atoms with van der Waals surface area (Å²) < 4.78 is 5.09. The number of fused-ring (bicyclic) bond motifs is 1. The quantitative estimate of drug-likeness (QED) is 0.173. The van der Waals surface area contributed by atoms with Crippen LogP contribution in [0, 0.1) is 0 Å². The van der Waals surface area contributed by atoms with Crippen molar-refractivity contribution >= 4 is 29.2 Å². The number of carbonyl (C=O) groups excluding carboxylic acids is 3. The fraction of sp³-hybridized carbons (Fsp3) is 0.414. The Balaban J connectivity index is 2.04. The Hall–Kier alpha value is -3.45. The van der Waals surface area contributed by atoms with Gasteiger partial charge in [-0.05, 0) is 77.6 Å². The Morgan fingerprint density at radius 2 is 1.58 bits per heavy atom. The Bertz CT molecular complexity index is 1130. The lowest BCUT2D eigenvalue weighted by Crippen LogP contribution is -2.41. The third kappa shape index (κ3) is 5.85. The first-order chi connectivity index (χ1) is 17.0.